The third-order valence-electron chi connectivity index (χ3n) is 11.3. The number of pyridine rings is 2. The Morgan fingerprint density at radius 3 is 2.60 bits per heavy atom. The monoisotopic (exact) mass is 654 g/mol. The van der Waals surface area contributed by atoms with E-state index in [1.54, 1.807) is 24.7 Å². The van der Waals surface area contributed by atoms with Gasteiger partial charge in [0, 0.05) is 41.4 Å². The number of likely N-dealkylation sites (tertiary alicyclic amines) is 1. The molecule has 4 heterocycles. The predicted molar refractivity (Wildman–Crippen MR) is 180 cm³/mol. The third kappa shape index (κ3) is 6.69. The molecule has 3 aliphatic rings. The van der Waals surface area contributed by atoms with Crippen molar-refractivity contribution >= 4 is 16.8 Å². The van der Waals surface area contributed by atoms with Crippen LogP contribution in [0.25, 0.3) is 22.2 Å². The van der Waals surface area contributed by atoms with Crippen LogP contribution in [0.15, 0.2) is 55.0 Å². The quantitative estimate of drug-likeness (QED) is 0.222. The number of fused-ring (bicyclic) bond motifs is 2. The minimum absolute atomic E-state index is 0.140. The number of aliphatic hydroxyl groups is 1. The molecule has 7 rings (SSSR count). The maximum Gasteiger partial charge on any atom is 0.251 e. The maximum absolute atomic E-state index is 15.6. The van der Waals surface area contributed by atoms with Crippen molar-refractivity contribution in [1.82, 2.24) is 30.4 Å². The lowest BCUT2D eigenvalue weighted by Crippen LogP contribution is -2.41. The standard InChI is InChI=1S/C38H44F2N6O2/c1-24(2)38(40)10-6-33-29(20-38)18-27-17-28(19-31(39)35(27)44-33)36(48)45-34(25-3-4-32(41-22-25)26-7-13-42-43-23-26)8-14-46-15-11-37(12-16-46)9-5-30(47)21-37/h3-4,7,13,17-19,22-24,30,34,47H,5-6,8-12,14-16,20-21H2,1-2H3,(H,45,48)/t30-,34-,38+/m1/s1. The molecule has 2 N–H and O–H groups in total. The highest BCUT2D eigenvalue weighted by molar-refractivity contribution is 5.98. The molecule has 1 saturated carbocycles. The lowest BCUT2D eigenvalue weighted by molar-refractivity contribution is 0.0820. The molecule has 0 unspecified atom stereocenters. The first kappa shape index (κ1) is 32.6. The number of carbonyl (C=O) groups excluding carboxylic acids is 1. The lowest BCUT2D eigenvalue weighted by Gasteiger charge is -2.39. The molecule has 10 heteroatoms. The summed E-state index contributed by atoms with van der Waals surface area (Å²) in [5, 5.41) is 21.6. The second kappa shape index (κ2) is 13.2. The summed E-state index contributed by atoms with van der Waals surface area (Å²) in [6.45, 7) is 6.48. The van der Waals surface area contributed by atoms with Crippen molar-refractivity contribution < 1.29 is 18.7 Å². The molecule has 2 fully saturated rings. The van der Waals surface area contributed by atoms with Crippen LogP contribution in [0.4, 0.5) is 8.78 Å². The zero-order valence-corrected chi connectivity index (χ0v) is 27.8. The summed E-state index contributed by atoms with van der Waals surface area (Å²) in [6, 6.07) is 10.1. The number of hydrogen-bond acceptors (Lipinski definition) is 7. The van der Waals surface area contributed by atoms with Crippen LogP contribution in [0.3, 0.4) is 0 Å². The van der Waals surface area contributed by atoms with Gasteiger partial charge in [0.25, 0.3) is 5.91 Å². The Morgan fingerprint density at radius 1 is 1.08 bits per heavy atom. The zero-order chi connectivity index (χ0) is 33.5. The number of nitrogens with zero attached hydrogens (tertiary/aromatic N) is 5. The summed E-state index contributed by atoms with van der Waals surface area (Å²) in [5.74, 6) is -1.09. The van der Waals surface area contributed by atoms with Crippen molar-refractivity contribution in [1.29, 1.82) is 0 Å². The van der Waals surface area contributed by atoms with Crippen LogP contribution in [0.5, 0.6) is 0 Å². The molecule has 8 nitrogen and oxygen atoms in total. The summed E-state index contributed by atoms with van der Waals surface area (Å²) < 4.78 is 31.1. The molecule has 0 radical (unpaired) electrons. The van der Waals surface area contributed by atoms with Gasteiger partial charge in [0.2, 0.25) is 0 Å². The number of aryl methyl sites for hydroxylation is 1. The highest BCUT2D eigenvalue weighted by Crippen LogP contribution is 2.46. The van der Waals surface area contributed by atoms with Crippen LogP contribution in [-0.4, -0.2) is 67.5 Å². The Kier molecular flexibility index (Phi) is 8.98. The number of piperidine rings is 1. The lowest BCUT2D eigenvalue weighted by atomic mass is 9.77. The molecule has 252 valence electrons. The summed E-state index contributed by atoms with van der Waals surface area (Å²) >= 11 is 0. The summed E-state index contributed by atoms with van der Waals surface area (Å²) in [6.07, 6.45) is 11.7. The third-order valence-corrected chi connectivity index (χ3v) is 11.3. The van der Waals surface area contributed by atoms with Gasteiger partial charge in [0.15, 0.2) is 0 Å². The smallest absolute Gasteiger partial charge is 0.251 e. The Morgan fingerprint density at radius 2 is 1.92 bits per heavy atom. The molecule has 1 spiro atoms. The van der Waals surface area contributed by atoms with Crippen molar-refractivity contribution in [2.24, 2.45) is 11.3 Å². The van der Waals surface area contributed by atoms with Gasteiger partial charge in [0.05, 0.1) is 30.2 Å². The van der Waals surface area contributed by atoms with E-state index in [0.29, 0.717) is 24.6 Å². The van der Waals surface area contributed by atoms with Crippen molar-refractivity contribution in [3.8, 4) is 11.3 Å². The van der Waals surface area contributed by atoms with Crippen LogP contribution in [0.2, 0.25) is 0 Å². The topological polar surface area (TPSA) is 104 Å². The molecular formula is C38H44F2N6O2. The van der Waals surface area contributed by atoms with E-state index < -0.39 is 11.5 Å². The number of nitrogens with one attached hydrogen (secondary N) is 1. The number of hydrogen-bond donors (Lipinski definition) is 2. The van der Waals surface area contributed by atoms with Gasteiger partial charge in [-0.1, -0.05) is 19.9 Å². The first-order chi connectivity index (χ1) is 23.1. The Balaban J connectivity index is 1.11. The molecule has 1 aromatic carbocycles. The van der Waals surface area contributed by atoms with Gasteiger partial charge in [-0.15, -0.1) is 0 Å². The van der Waals surface area contributed by atoms with E-state index in [-0.39, 0.29) is 46.9 Å². The molecule has 1 saturated heterocycles. The summed E-state index contributed by atoms with van der Waals surface area (Å²) in [4.78, 5) is 25.5. The highest BCUT2D eigenvalue weighted by atomic mass is 19.1. The minimum atomic E-state index is -1.33. The summed E-state index contributed by atoms with van der Waals surface area (Å²) in [5.41, 5.74) is 3.31. The molecule has 2 aliphatic carbocycles. The van der Waals surface area contributed by atoms with Gasteiger partial charge in [-0.25, -0.2) is 13.8 Å². The SMILES string of the molecule is CC(C)[C@]1(F)CCc2nc3c(F)cc(C(=O)N[C@H](CCN4CCC5(CC[C@@H](O)C5)CC4)c4ccc(-c5ccnnc5)nc4)cc3cc2C1. The fraction of sp³-hybridized carbons (Fsp3) is 0.500. The van der Waals surface area contributed by atoms with Crippen molar-refractivity contribution in [3.05, 3.63) is 83.2 Å². The molecule has 48 heavy (non-hydrogen) atoms. The number of benzene rings is 1. The normalized spacial score (nSPS) is 23.0. The fourth-order valence-electron chi connectivity index (χ4n) is 8.03. The average Bonchev–Trinajstić information content (AvgIpc) is 3.46. The Hall–Kier alpha value is -3.89. The number of alkyl halides is 1. The molecule has 3 aromatic heterocycles. The highest BCUT2D eigenvalue weighted by Gasteiger charge is 2.41. The van der Waals surface area contributed by atoms with Crippen molar-refractivity contribution in [3.63, 3.8) is 0 Å². The fourth-order valence-corrected chi connectivity index (χ4v) is 8.03. The van der Waals surface area contributed by atoms with Crippen LogP contribution in [0, 0.1) is 17.2 Å². The number of amides is 1. The van der Waals surface area contributed by atoms with E-state index in [1.807, 2.05) is 38.1 Å². The molecule has 1 aliphatic heterocycles. The first-order valence-electron chi connectivity index (χ1n) is 17.4. The maximum atomic E-state index is 15.6. The van der Waals surface area contributed by atoms with E-state index in [9.17, 15) is 9.90 Å². The molecular weight excluding hydrogens is 610 g/mol. The van der Waals surface area contributed by atoms with E-state index in [2.05, 4.69) is 30.4 Å². The van der Waals surface area contributed by atoms with Gasteiger partial charge in [0.1, 0.15) is 17.0 Å². The average molecular weight is 655 g/mol. The number of aromatic nitrogens is 4. The Labute approximate surface area is 280 Å². The van der Waals surface area contributed by atoms with E-state index >= 15 is 8.78 Å². The predicted octanol–water partition coefficient (Wildman–Crippen LogP) is 6.57. The van der Waals surface area contributed by atoms with Gasteiger partial charge in [-0.05, 0) is 117 Å². The first-order valence-corrected chi connectivity index (χ1v) is 17.4. The van der Waals surface area contributed by atoms with Gasteiger partial charge < -0.3 is 15.3 Å². The van der Waals surface area contributed by atoms with Gasteiger partial charge in [-0.2, -0.15) is 10.2 Å². The number of rotatable bonds is 8. The molecule has 4 aromatic rings. The number of aliphatic hydroxyl groups excluding tert-OH is 1. The zero-order valence-electron chi connectivity index (χ0n) is 27.8. The summed E-state index contributed by atoms with van der Waals surface area (Å²) in [7, 11) is 0. The second-order valence-corrected chi connectivity index (χ2v) is 14.7. The van der Waals surface area contributed by atoms with Gasteiger partial charge in [-0.3, -0.25) is 9.78 Å². The van der Waals surface area contributed by atoms with E-state index in [0.717, 1.165) is 79.8 Å². The largest absolute Gasteiger partial charge is 0.393 e. The van der Waals surface area contributed by atoms with Crippen LogP contribution in [-0.2, 0) is 12.8 Å². The minimum Gasteiger partial charge on any atom is -0.393 e. The van der Waals surface area contributed by atoms with E-state index in [4.69, 9.17) is 0 Å². The number of carbonyl (C=O) groups is 1. The van der Waals surface area contributed by atoms with Crippen LogP contribution >= 0.6 is 0 Å². The van der Waals surface area contributed by atoms with Crippen LogP contribution < -0.4 is 5.32 Å². The molecule has 3 atom stereocenters. The second-order valence-electron chi connectivity index (χ2n) is 14.7. The molecule has 1 amide bonds. The van der Waals surface area contributed by atoms with Crippen molar-refractivity contribution in [2.45, 2.75) is 89.4 Å². The molecule has 0 bridgehead atoms. The van der Waals surface area contributed by atoms with Crippen LogP contribution in [0.1, 0.15) is 92.0 Å². The van der Waals surface area contributed by atoms with E-state index in [1.165, 1.54) is 6.07 Å². The Bertz CT molecular complexity index is 1780. The van der Waals surface area contributed by atoms with Gasteiger partial charge >= 0.3 is 0 Å². The number of halogens is 2. The van der Waals surface area contributed by atoms with Crippen molar-refractivity contribution in [2.75, 3.05) is 19.6 Å².